The van der Waals surface area contributed by atoms with Crippen molar-refractivity contribution in [3.63, 3.8) is 0 Å². The van der Waals surface area contributed by atoms with E-state index in [0.717, 1.165) is 24.0 Å². The molecule has 3 aromatic carbocycles. The van der Waals surface area contributed by atoms with Crippen molar-refractivity contribution in [1.29, 1.82) is 0 Å². The summed E-state index contributed by atoms with van der Waals surface area (Å²) in [5.74, 6) is -0.0746. The standard InChI is InChI=1S/C28H25ClN2O4/c1-28(2,27(34)31-30-17-24-23-6-4-3-5-18(23)11-16-25(24)32)35-22-14-9-20(10-15-22)26(33)19-7-12-21(29)13-8-19/h4,6-17,32H,3,5H2,1-2H3,(H,31,34)/b30-17+. The fourth-order valence-electron chi connectivity index (χ4n) is 3.73. The van der Waals surface area contributed by atoms with E-state index in [2.05, 4.69) is 10.5 Å². The van der Waals surface area contributed by atoms with E-state index < -0.39 is 11.5 Å². The van der Waals surface area contributed by atoms with Crippen LogP contribution in [0.1, 0.15) is 52.9 Å². The van der Waals surface area contributed by atoms with Crippen molar-refractivity contribution in [3.8, 4) is 11.5 Å². The second-order valence-corrected chi connectivity index (χ2v) is 9.12. The highest BCUT2D eigenvalue weighted by molar-refractivity contribution is 6.30. The van der Waals surface area contributed by atoms with E-state index in [4.69, 9.17) is 16.3 Å². The second-order valence-electron chi connectivity index (χ2n) is 8.68. The summed E-state index contributed by atoms with van der Waals surface area (Å²) in [6, 6.07) is 16.8. The largest absolute Gasteiger partial charge is 0.507 e. The molecule has 0 aliphatic heterocycles. The van der Waals surface area contributed by atoms with Crippen molar-refractivity contribution in [2.75, 3.05) is 0 Å². The molecule has 2 N–H and O–H groups in total. The van der Waals surface area contributed by atoms with E-state index in [9.17, 15) is 14.7 Å². The van der Waals surface area contributed by atoms with Gasteiger partial charge in [0.25, 0.3) is 5.91 Å². The molecule has 0 bridgehead atoms. The highest BCUT2D eigenvalue weighted by Gasteiger charge is 2.30. The molecule has 3 aromatic rings. The lowest BCUT2D eigenvalue weighted by Gasteiger charge is -2.24. The first-order valence-electron chi connectivity index (χ1n) is 11.2. The van der Waals surface area contributed by atoms with Crippen LogP contribution in [-0.2, 0) is 11.2 Å². The lowest BCUT2D eigenvalue weighted by molar-refractivity contribution is -0.134. The summed E-state index contributed by atoms with van der Waals surface area (Å²) < 4.78 is 5.86. The minimum atomic E-state index is -1.24. The zero-order valence-electron chi connectivity index (χ0n) is 19.4. The summed E-state index contributed by atoms with van der Waals surface area (Å²) in [6.45, 7) is 3.24. The molecule has 35 heavy (non-hydrogen) atoms. The summed E-state index contributed by atoms with van der Waals surface area (Å²) in [4.78, 5) is 25.4. The van der Waals surface area contributed by atoms with Crippen LogP contribution >= 0.6 is 11.6 Å². The normalized spacial score (nSPS) is 12.9. The number of aromatic hydroxyl groups is 1. The number of hydrogen-bond acceptors (Lipinski definition) is 5. The molecular weight excluding hydrogens is 464 g/mol. The maximum absolute atomic E-state index is 12.7. The average Bonchev–Trinajstić information content (AvgIpc) is 2.85. The number of ketones is 1. The number of hydrazone groups is 1. The Morgan fingerprint density at radius 1 is 1.03 bits per heavy atom. The van der Waals surface area contributed by atoms with Gasteiger partial charge in [-0.1, -0.05) is 29.8 Å². The van der Waals surface area contributed by atoms with Gasteiger partial charge in [-0.2, -0.15) is 5.10 Å². The monoisotopic (exact) mass is 488 g/mol. The average molecular weight is 489 g/mol. The number of carbonyl (C=O) groups excluding carboxylic acids is 2. The van der Waals surface area contributed by atoms with Gasteiger partial charge in [-0.3, -0.25) is 9.59 Å². The molecule has 0 atom stereocenters. The first-order chi connectivity index (χ1) is 16.7. The molecule has 0 spiro atoms. The highest BCUT2D eigenvalue weighted by Crippen LogP contribution is 2.28. The number of benzene rings is 3. The molecule has 1 amide bonds. The first-order valence-corrected chi connectivity index (χ1v) is 11.6. The van der Waals surface area contributed by atoms with Gasteiger partial charge in [-0.05, 0) is 92.4 Å². The zero-order chi connectivity index (χ0) is 25.0. The topological polar surface area (TPSA) is 88.0 Å². The van der Waals surface area contributed by atoms with Gasteiger partial charge in [0.05, 0.1) is 6.21 Å². The van der Waals surface area contributed by atoms with Crippen LogP contribution in [0.4, 0.5) is 0 Å². The van der Waals surface area contributed by atoms with Gasteiger partial charge in [0.2, 0.25) is 0 Å². The smallest absolute Gasteiger partial charge is 0.283 e. The fourth-order valence-corrected chi connectivity index (χ4v) is 3.86. The van der Waals surface area contributed by atoms with E-state index in [1.54, 1.807) is 68.4 Å². The molecule has 0 heterocycles. The molecule has 1 aliphatic carbocycles. The van der Waals surface area contributed by atoms with Crippen LogP contribution in [-0.4, -0.2) is 28.6 Å². The number of phenolic OH excluding ortho intramolecular Hbond substituents is 1. The van der Waals surface area contributed by atoms with Crippen molar-refractivity contribution in [3.05, 3.63) is 99.6 Å². The number of nitrogens with zero attached hydrogens (tertiary/aromatic N) is 1. The first kappa shape index (κ1) is 24.2. The molecule has 4 rings (SSSR count). The van der Waals surface area contributed by atoms with Gasteiger partial charge >= 0.3 is 0 Å². The quantitative estimate of drug-likeness (QED) is 0.259. The zero-order valence-corrected chi connectivity index (χ0v) is 20.2. The summed E-state index contributed by atoms with van der Waals surface area (Å²) in [5, 5.41) is 14.8. The van der Waals surface area contributed by atoms with E-state index in [1.165, 1.54) is 6.21 Å². The van der Waals surface area contributed by atoms with Crippen LogP contribution in [0.5, 0.6) is 11.5 Å². The van der Waals surface area contributed by atoms with Crippen LogP contribution < -0.4 is 10.2 Å². The third-order valence-corrected chi connectivity index (χ3v) is 5.97. The third-order valence-electron chi connectivity index (χ3n) is 5.72. The maximum Gasteiger partial charge on any atom is 0.283 e. The van der Waals surface area contributed by atoms with Gasteiger partial charge in [0, 0.05) is 21.7 Å². The molecule has 0 saturated heterocycles. The number of fused-ring (bicyclic) bond motifs is 1. The van der Waals surface area contributed by atoms with Crippen LogP contribution in [0.15, 0.2) is 71.8 Å². The Kier molecular flexibility index (Phi) is 7.03. The van der Waals surface area contributed by atoms with E-state index in [0.29, 0.717) is 27.5 Å². The van der Waals surface area contributed by atoms with Crippen LogP contribution in [0.2, 0.25) is 5.02 Å². The Morgan fingerprint density at radius 2 is 1.69 bits per heavy atom. The molecule has 1 aliphatic rings. The maximum atomic E-state index is 12.7. The van der Waals surface area contributed by atoms with Gasteiger partial charge in [0.1, 0.15) is 11.5 Å². The molecule has 0 fully saturated rings. The molecule has 7 heteroatoms. The highest BCUT2D eigenvalue weighted by atomic mass is 35.5. The fraction of sp³-hybridized carbons (Fsp3) is 0.179. The van der Waals surface area contributed by atoms with Crippen molar-refractivity contribution in [2.45, 2.75) is 32.3 Å². The number of carbonyl (C=O) groups is 2. The minimum absolute atomic E-state index is 0.0945. The van der Waals surface area contributed by atoms with E-state index in [-0.39, 0.29) is 11.5 Å². The van der Waals surface area contributed by atoms with E-state index in [1.807, 2.05) is 18.2 Å². The van der Waals surface area contributed by atoms with Crippen molar-refractivity contribution >= 4 is 35.6 Å². The summed E-state index contributed by atoms with van der Waals surface area (Å²) in [6.07, 6.45) is 7.28. The van der Waals surface area contributed by atoms with Gasteiger partial charge in [-0.25, -0.2) is 5.43 Å². The second kappa shape index (κ2) is 10.2. The van der Waals surface area contributed by atoms with Gasteiger partial charge < -0.3 is 9.84 Å². The van der Waals surface area contributed by atoms with Gasteiger partial charge in [-0.15, -0.1) is 0 Å². The molecule has 178 valence electrons. The Balaban J connectivity index is 1.40. The summed E-state index contributed by atoms with van der Waals surface area (Å²) >= 11 is 5.89. The number of halogens is 1. The molecule has 0 aromatic heterocycles. The SMILES string of the molecule is CC(C)(Oc1ccc(C(=O)c2ccc(Cl)cc2)cc1)C(=O)N/N=C/c1c(O)ccc2c1C=CCC2. The Labute approximate surface area is 208 Å². The van der Waals surface area contributed by atoms with Crippen LogP contribution in [0.3, 0.4) is 0 Å². The van der Waals surface area contributed by atoms with Crippen molar-refractivity contribution in [1.82, 2.24) is 5.43 Å². The number of aryl methyl sites for hydroxylation is 1. The Bertz CT molecular complexity index is 1310. The Hall–Kier alpha value is -3.90. The number of hydrogen-bond donors (Lipinski definition) is 2. The van der Waals surface area contributed by atoms with Crippen LogP contribution in [0.25, 0.3) is 6.08 Å². The molecule has 0 radical (unpaired) electrons. The van der Waals surface area contributed by atoms with E-state index >= 15 is 0 Å². The number of phenols is 1. The molecule has 6 nitrogen and oxygen atoms in total. The number of ether oxygens (including phenoxy) is 1. The minimum Gasteiger partial charge on any atom is -0.507 e. The van der Waals surface area contributed by atoms with Crippen molar-refractivity contribution in [2.24, 2.45) is 5.10 Å². The van der Waals surface area contributed by atoms with Gasteiger partial charge in [0.15, 0.2) is 11.4 Å². The third kappa shape index (κ3) is 5.61. The molecule has 0 saturated carbocycles. The molecule has 0 unspecified atom stereocenters. The van der Waals surface area contributed by atoms with Crippen LogP contribution in [0, 0.1) is 0 Å². The number of nitrogens with one attached hydrogen (secondary N) is 1. The summed E-state index contributed by atoms with van der Waals surface area (Å²) in [5.41, 5.74) is 4.85. The predicted molar refractivity (Wildman–Crippen MR) is 137 cm³/mol. The predicted octanol–water partition coefficient (Wildman–Crippen LogP) is 5.54. The number of allylic oxidation sites excluding steroid dienone is 1. The number of amides is 1. The molecular formula is C28H25ClN2O4. The lowest BCUT2D eigenvalue weighted by Crippen LogP contribution is -2.44. The lowest BCUT2D eigenvalue weighted by atomic mass is 9.93. The Morgan fingerprint density at radius 3 is 2.37 bits per heavy atom. The number of rotatable bonds is 7. The van der Waals surface area contributed by atoms with Crippen molar-refractivity contribution < 1.29 is 19.4 Å². The summed E-state index contributed by atoms with van der Waals surface area (Å²) in [7, 11) is 0.